The van der Waals surface area contributed by atoms with E-state index in [0.717, 1.165) is 41.4 Å². The molecule has 20 heavy (non-hydrogen) atoms. The van der Waals surface area contributed by atoms with Crippen LogP contribution in [0.5, 0.6) is 0 Å². The fourth-order valence-electron chi connectivity index (χ4n) is 2.03. The molecule has 0 amide bonds. The zero-order valence-electron chi connectivity index (χ0n) is 11.8. The molecule has 0 fully saturated rings. The van der Waals surface area contributed by atoms with Crippen molar-refractivity contribution in [2.24, 2.45) is 0 Å². The Morgan fingerprint density at radius 1 is 1.05 bits per heavy atom. The van der Waals surface area contributed by atoms with Gasteiger partial charge in [0.25, 0.3) is 0 Å². The van der Waals surface area contributed by atoms with Gasteiger partial charge in [0, 0.05) is 34.1 Å². The minimum atomic E-state index is 0.605. The van der Waals surface area contributed by atoms with Crippen molar-refractivity contribution in [3.8, 4) is 11.3 Å². The summed E-state index contributed by atoms with van der Waals surface area (Å²) in [6, 6.07) is 5.46. The zero-order chi connectivity index (χ0) is 14.7. The number of hydrogen-bond donors (Lipinski definition) is 1. The first-order valence-electron chi connectivity index (χ1n) is 6.63. The highest BCUT2D eigenvalue weighted by Crippen LogP contribution is 2.30. The van der Waals surface area contributed by atoms with E-state index in [9.17, 15) is 0 Å². The molecule has 5 heteroatoms. The quantitative estimate of drug-likeness (QED) is 0.885. The van der Waals surface area contributed by atoms with E-state index in [4.69, 9.17) is 23.2 Å². The van der Waals surface area contributed by atoms with E-state index in [1.165, 1.54) is 0 Å². The van der Waals surface area contributed by atoms with Gasteiger partial charge in [-0.15, -0.1) is 0 Å². The van der Waals surface area contributed by atoms with Crippen LogP contribution in [0.2, 0.25) is 10.0 Å². The Bertz CT molecular complexity index is 607. The first kappa shape index (κ1) is 15.1. The Hall–Kier alpha value is -1.32. The van der Waals surface area contributed by atoms with Gasteiger partial charge in [0.05, 0.1) is 5.69 Å². The number of halogens is 2. The van der Waals surface area contributed by atoms with Crippen molar-refractivity contribution >= 4 is 29.0 Å². The summed E-state index contributed by atoms with van der Waals surface area (Å²) in [5.41, 5.74) is 2.79. The maximum absolute atomic E-state index is 6.08. The van der Waals surface area contributed by atoms with Crippen LogP contribution < -0.4 is 5.32 Å². The van der Waals surface area contributed by atoms with E-state index >= 15 is 0 Å². The number of nitrogens with zero attached hydrogens (tertiary/aromatic N) is 2. The number of benzene rings is 1. The molecule has 3 nitrogen and oxygen atoms in total. The van der Waals surface area contributed by atoms with Crippen LogP contribution in [0.25, 0.3) is 11.3 Å². The number of nitrogens with one attached hydrogen (secondary N) is 1. The molecular weight excluding hydrogens is 293 g/mol. The second kappa shape index (κ2) is 6.42. The minimum Gasteiger partial charge on any atom is -0.370 e. The van der Waals surface area contributed by atoms with Gasteiger partial charge < -0.3 is 5.32 Å². The highest BCUT2D eigenvalue weighted by atomic mass is 35.5. The first-order valence-corrected chi connectivity index (χ1v) is 7.38. The summed E-state index contributed by atoms with van der Waals surface area (Å²) in [7, 11) is 0. The lowest BCUT2D eigenvalue weighted by molar-refractivity contribution is 0.930. The molecule has 106 valence electrons. The van der Waals surface area contributed by atoms with Crippen LogP contribution in [-0.4, -0.2) is 16.5 Å². The number of anilines is 1. The highest BCUT2D eigenvalue weighted by Gasteiger charge is 2.12. The molecule has 1 N–H and O–H groups in total. The summed E-state index contributed by atoms with van der Waals surface area (Å²) in [4.78, 5) is 9.14. The molecule has 0 unspecified atom stereocenters. The summed E-state index contributed by atoms with van der Waals surface area (Å²) in [5, 5.41) is 4.48. The molecule has 0 aliphatic heterocycles. The molecule has 0 aliphatic rings. The maximum atomic E-state index is 6.08. The van der Waals surface area contributed by atoms with Crippen molar-refractivity contribution in [3.63, 3.8) is 0 Å². The van der Waals surface area contributed by atoms with Crippen molar-refractivity contribution in [2.75, 3.05) is 11.9 Å². The summed E-state index contributed by atoms with van der Waals surface area (Å²) < 4.78 is 0. The van der Waals surface area contributed by atoms with Crippen LogP contribution in [0.3, 0.4) is 0 Å². The Labute approximate surface area is 129 Å². The molecule has 0 atom stereocenters. The van der Waals surface area contributed by atoms with Crippen molar-refractivity contribution < 1.29 is 0 Å². The predicted octanol–water partition coefficient (Wildman–Crippen LogP) is 4.75. The second-order valence-corrected chi connectivity index (χ2v) is 5.38. The fraction of sp³-hybridized carbons (Fsp3) is 0.333. The van der Waals surface area contributed by atoms with E-state index in [-0.39, 0.29) is 0 Å². The second-order valence-electron chi connectivity index (χ2n) is 4.50. The molecule has 0 saturated heterocycles. The number of rotatable bonds is 4. The average molecular weight is 310 g/mol. The van der Waals surface area contributed by atoms with Crippen molar-refractivity contribution in [1.82, 2.24) is 9.97 Å². The topological polar surface area (TPSA) is 37.8 Å². The van der Waals surface area contributed by atoms with Crippen molar-refractivity contribution in [1.29, 1.82) is 0 Å². The fourth-order valence-corrected chi connectivity index (χ4v) is 2.56. The van der Waals surface area contributed by atoms with Crippen LogP contribution in [0, 0.1) is 6.92 Å². The van der Waals surface area contributed by atoms with Gasteiger partial charge in [0.2, 0.25) is 0 Å². The number of hydrogen-bond acceptors (Lipinski definition) is 3. The molecule has 1 heterocycles. The largest absolute Gasteiger partial charge is 0.370 e. The van der Waals surface area contributed by atoms with Gasteiger partial charge in [-0.1, -0.05) is 30.1 Å². The lowest BCUT2D eigenvalue weighted by Gasteiger charge is -2.13. The Kier molecular flexibility index (Phi) is 4.84. The molecule has 0 saturated carbocycles. The number of aryl methyl sites for hydroxylation is 1. The van der Waals surface area contributed by atoms with Crippen LogP contribution in [0.4, 0.5) is 5.82 Å². The zero-order valence-corrected chi connectivity index (χ0v) is 13.3. The lowest BCUT2D eigenvalue weighted by Crippen LogP contribution is -2.07. The van der Waals surface area contributed by atoms with Crippen molar-refractivity contribution in [2.45, 2.75) is 27.2 Å². The third-order valence-electron chi connectivity index (χ3n) is 2.99. The molecular formula is C15H17Cl2N3. The van der Waals surface area contributed by atoms with E-state index < -0.39 is 0 Å². The van der Waals surface area contributed by atoms with E-state index in [1.807, 2.05) is 32.9 Å². The van der Waals surface area contributed by atoms with Crippen LogP contribution >= 0.6 is 23.2 Å². The van der Waals surface area contributed by atoms with Crippen molar-refractivity contribution in [3.05, 3.63) is 39.6 Å². The summed E-state index contributed by atoms with van der Waals surface area (Å²) in [5.74, 6) is 1.67. The number of aromatic nitrogens is 2. The lowest BCUT2D eigenvalue weighted by atomic mass is 10.1. The summed E-state index contributed by atoms with van der Waals surface area (Å²) in [6.07, 6.45) is 0.778. The molecule has 0 aliphatic carbocycles. The monoisotopic (exact) mass is 309 g/mol. The smallest absolute Gasteiger partial charge is 0.133 e. The molecule has 2 rings (SSSR count). The third-order valence-corrected chi connectivity index (χ3v) is 3.43. The standard InChI is InChI=1S/C15H17Cl2N3/c1-4-13-19-14(9(3)15(20-13)18-5-2)10-6-11(16)8-12(17)7-10/h6-8H,4-5H2,1-3H3,(H,18,19,20). The third kappa shape index (κ3) is 3.22. The maximum Gasteiger partial charge on any atom is 0.133 e. The summed E-state index contributed by atoms with van der Waals surface area (Å²) >= 11 is 12.2. The van der Waals surface area contributed by atoms with Gasteiger partial charge in [-0.2, -0.15) is 0 Å². The molecule has 1 aromatic heterocycles. The molecule has 0 spiro atoms. The Morgan fingerprint density at radius 2 is 1.70 bits per heavy atom. The van der Waals surface area contributed by atoms with Gasteiger partial charge in [-0.25, -0.2) is 9.97 Å². The van der Waals surface area contributed by atoms with Gasteiger partial charge >= 0.3 is 0 Å². The Balaban J connectivity index is 2.62. The van der Waals surface area contributed by atoms with Crippen LogP contribution in [-0.2, 0) is 6.42 Å². The van der Waals surface area contributed by atoms with Gasteiger partial charge in [-0.3, -0.25) is 0 Å². The normalized spacial score (nSPS) is 10.7. The predicted molar refractivity (Wildman–Crippen MR) is 85.8 cm³/mol. The van der Waals surface area contributed by atoms with Gasteiger partial charge in [-0.05, 0) is 32.0 Å². The summed E-state index contributed by atoms with van der Waals surface area (Å²) in [6.45, 7) is 6.90. The average Bonchev–Trinajstić information content (AvgIpc) is 2.40. The Morgan fingerprint density at radius 3 is 2.25 bits per heavy atom. The van der Waals surface area contributed by atoms with Gasteiger partial charge in [0.15, 0.2) is 0 Å². The minimum absolute atomic E-state index is 0.605. The van der Waals surface area contributed by atoms with Gasteiger partial charge in [0.1, 0.15) is 11.6 Å². The van der Waals surface area contributed by atoms with E-state index in [0.29, 0.717) is 10.0 Å². The molecule has 0 radical (unpaired) electrons. The SMILES string of the molecule is CCNc1nc(CC)nc(-c2cc(Cl)cc(Cl)c2)c1C. The molecule has 2 aromatic rings. The highest BCUT2D eigenvalue weighted by molar-refractivity contribution is 6.35. The van der Waals surface area contributed by atoms with E-state index in [1.54, 1.807) is 6.07 Å². The first-order chi connectivity index (χ1) is 9.55. The van der Waals surface area contributed by atoms with Crippen LogP contribution in [0.15, 0.2) is 18.2 Å². The van der Waals surface area contributed by atoms with Crippen LogP contribution in [0.1, 0.15) is 25.2 Å². The molecule has 0 bridgehead atoms. The molecule has 1 aromatic carbocycles. The van der Waals surface area contributed by atoms with E-state index in [2.05, 4.69) is 15.3 Å².